The van der Waals surface area contributed by atoms with E-state index in [4.69, 9.17) is 0 Å². The minimum Gasteiger partial charge on any atom is -0.744 e. The summed E-state index contributed by atoms with van der Waals surface area (Å²) in [6.07, 6.45) is 2.26. The number of hydrogen-bond donors (Lipinski definition) is 0. The van der Waals surface area contributed by atoms with Gasteiger partial charge in [-0.15, -0.1) is 0 Å². The summed E-state index contributed by atoms with van der Waals surface area (Å²) in [5.74, 6) is 0. The Morgan fingerprint density at radius 2 is 1.30 bits per heavy atom. The molecule has 0 unspecified atom stereocenters. The van der Waals surface area contributed by atoms with Crippen molar-refractivity contribution in [3.63, 3.8) is 0 Å². The van der Waals surface area contributed by atoms with Gasteiger partial charge in [-0.3, -0.25) is 10.1 Å². The second-order valence-corrected chi connectivity index (χ2v) is 10.7. The number of nitro benzene ring substituents is 1. The molecule has 0 aliphatic carbocycles. The molecule has 6 nitrogen and oxygen atoms in total. The minimum absolute atomic E-state index is 0.00746. The number of nitro groups is 1. The maximum Gasteiger partial charge on any atom is 0.357 e. The first-order chi connectivity index (χ1) is 14.2. The number of aryl methyl sites for hydroxylation is 2. The summed E-state index contributed by atoms with van der Waals surface area (Å²) in [7, 11) is -4.61. The molecule has 0 amide bonds. The van der Waals surface area contributed by atoms with E-state index < -0.39 is 25.6 Å². The van der Waals surface area contributed by atoms with Gasteiger partial charge >= 0.3 is 21.2 Å². The zero-order chi connectivity index (χ0) is 22.1. The zero-order valence-corrected chi connectivity index (χ0v) is 19.6. The lowest BCUT2D eigenvalue weighted by Crippen LogP contribution is -3.61. The molecule has 158 valence electrons. The first kappa shape index (κ1) is 24.0. The maximum atomic E-state index is 10.4. The highest BCUT2D eigenvalue weighted by Crippen LogP contribution is 2.16. The SMILES string of the molecule is CCc1ccc([I+]c2ccc(CC)cc2)cc1.O=[N+]([O-])c1cccc(S(=O)(=O)[O-])c1. The molecule has 3 aromatic rings. The monoisotopic (exact) mass is 539 g/mol. The Balaban J connectivity index is 0.000000222. The van der Waals surface area contributed by atoms with E-state index in [0.29, 0.717) is 0 Å². The summed E-state index contributed by atoms with van der Waals surface area (Å²) in [5, 5.41) is 10.2. The molecule has 30 heavy (non-hydrogen) atoms. The molecule has 0 radical (unpaired) electrons. The van der Waals surface area contributed by atoms with Crippen molar-refractivity contribution in [1.82, 2.24) is 0 Å². The van der Waals surface area contributed by atoms with Gasteiger partial charge in [-0.1, -0.05) is 44.2 Å². The molecule has 8 heteroatoms. The normalized spacial score (nSPS) is 10.8. The molecule has 0 bridgehead atoms. The third kappa shape index (κ3) is 7.51. The van der Waals surface area contributed by atoms with Crippen LogP contribution in [0.5, 0.6) is 0 Å². The Hall–Kier alpha value is -2.30. The predicted molar refractivity (Wildman–Crippen MR) is 110 cm³/mol. The van der Waals surface area contributed by atoms with Crippen LogP contribution in [-0.2, 0) is 23.0 Å². The Kier molecular flexibility index (Phi) is 8.94. The van der Waals surface area contributed by atoms with Crippen LogP contribution >= 0.6 is 0 Å². The summed E-state index contributed by atoms with van der Waals surface area (Å²) in [4.78, 5) is 8.82. The van der Waals surface area contributed by atoms with Crippen molar-refractivity contribution in [2.75, 3.05) is 0 Å². The molecule has 0 aromatic heterocycles. The lowest BCUT2D eigenvalue weighted by molar-refractivity contribution is -0.597. The van der Waals surface area contributed by atoms with Crippen molar-refractivity contribution < 1.29 is 39.1 Å². The van der Waals surface area contributed by atoms with E-state index in [2.05, 4.69) is 62.4 Å². The van der Waals surface area contributed by atoms with Crippen molar-refractivity contribution in [1.29, 1.82) is 0 Å². The predicted octanol–water partition coefficient (Wildman–Crippen LogP) is 1.44. The van der Waals surface area contributed by atoms with Crippen LogP contribution in [0.25, 0.3) is 0 Å². The average Bonchev–Trinajstić information content (AvgIpc) is 2.75. The topological polar surface area (TPSA) is 100 Å². The van der Waals surface area contributed by atoms with Crippen LogP contribution in [0.4, 0.5) is 5.69 Å². The molecule has 0 fully saturated rings. The molecule has 0 atom stereocenters. The number of rotatable bonds is 6. The van der Waals surface area contributed by atoms with E-state index in [0.717, 1.165) is 37.1 Å². The number of benzene rings is 3. The van der Waals surface area contributed by atoms with E-state index in [1.807, 2.05) is 0 Å². The van der Waals surface area contributed by atoms with Crippen molar-refractivity contribution in [3.05, 3.63) is 101 Å². The van der Waals surface area contributed by atoms with Crippen LogP contribution in [-0.4, -0.2) is 17.9 Å². The highest BCUT2D eigenvalue weighted by molar-refractivity contribution is 7.85. The standard InChI is InChI=1S/C16H18I.C6H5NO5S/c1-3-13-5-9-15(10-6-13)17-16-11-7-14(4-2)8-12-16;8-7(9)5-2-1-3-6(4-5)13(10,11)12/h5-12H,3-4H2,1-2H3;1-4H,(H,10,11,12)/q+1;/p-1. The fourth-order valence-electron chi connectivity index (χ4n) is 2.44. The third-order valence-electron chi connectivity index (χ3n) is 4.18. The van der Waals surface area contributed by atoms with Gasteiger partial charge in [-0.2, -0.15) is 0 Å². The number of nitrogens with zero attached hydrogens (tertiary/aromatic N) is 1. The molecule has 0 spiro atoms. The molecule has 3 rings (SSSR count). The fourth-order valence-corrected chi connectivity index (χ4v) is 5.11. The lowest BCUT2D eigenvalue weighted by atomic mass is 10.2. The number of hydrogen-bond acceptors (Lipinski definition) is 5. The summed E-state index contributed by atoms with van der Waals surface area (Å²) in [6, 6.07) is 22.2. The van der Waals surface area contributed by atoms with E-state index in [1.165, 1.54) is 18.3 Å². The smallest absolute Gasteiger partial charge is 0.357 e. The molecule has 0 aliphatic heterocycles. The van der Waals surface area contributed by atoms with E-state index in [9.17, 15) is 23.1 Å². The number of halogens is 1. The molecular formula is C22H22INO5S. The molecule has 0 aliphatic rings. The Labute approximate surface area is 187 Å². The highest BCUT2D eigenvalue weighted by Gasteiger charge is 2.14. The van der Waals surface area contributed by atoms with Gasteiger partial charge in [-0.05, 0) is 54.3 Å². The van der Waals surface area contributed by atoms with Gasteiger partial charge in [0, 0.05) is 12.1 Å². The van der Waals surface area contributed by atoms with E-state index in [-0.39, 0.29) is 21.2 Å². The Morgan fingerprint density at radius 1 is 0.833 bits per heavy atom. The third-order valence-corrected chi connectivity index (χ3v) is 7.69. The quantitative estimate of drug-likeness (QED) is 0.204. The van der Waals surface area contributed by atoms with Gasteiger partial charge in [0.25, 0.3) is 5.69 Å². The number of non-ortho nitro benzene ring substituents is 1. The Bertz CT molecular complexity index is 1040. The minimum atomic E-state index is -4.61. The second kappa shape index (κ2) is 11.2. The molecular weight excluding hydrogens is 517 g/mol. The van der Waals surface area contributed by atoms with Crippen molar-refractivity contribution >= 4 is 15.8 Å². The van der Waals surface area contributed by atoms with Crippen LogP contribution in [0.1, 0.15) is 25.0 Å². The lowest BCUT2D eigenvalue weighted by Gasteiger charge is -2.05. The van der Waals surface area contributed by atoms with Gasteiger partial charge in [-0.25, -0.2) is 8.42 Å². The van der Waals surface area contributed by atoms with Crippen LogP contribution < -0.4 is 21.2 Å². The van der Waals surface area contributed by atoms with Crippen LogP contribution in [0.2, 0.25) is 0 Å². The zero-order valence-electron chi connectivity index (χ0n) is 16.6. The van der Waals surface area contributed by atoms with E-state index in [1.54, 1.807) is 0 Å². The summed E-state index contributed by atoms with van der Waals surface area (Å²) in [5.41, 5.74) is 2.44. The van der Waals surface area contributed by atoms with Crippen LogP contribution in [0.15, 0.2) is 77.7 Å². The van der Waals surface area contributed by atoms with Gasteiger partial charge in [0.05, 0.1) is 9.82 Å². The highest BCUT2D eigenvalue weighted by atomic mass is 127. The average molecular weight is 539 g/mol. The van der Waals surface area contributed by atoms with Gasteiger partial charge < -0.3 is 4.55 Å². The molecule has 0 heterocycles. The van der Waals surface area contributed by atoms with Gasteiger partial charge in [0.1, 0.15) is 10.1 Å². The van der Waals surface area contributed by atoms with Crippen LogP contribution in [0.3, 0.4) is 0 Å². The molecule has 0 saturated carbocycles. The molecule has 0 N–H and O–H groups in total. The first-order valence-electron chi connectivity index (χ1n) is 9.26. The van der Waals surface area contributed by atoms with Crippen molar-refractivity contribution in [2.45, 2.75) is 31.6 Å². The summed E-state index contributed by atoms with van der Waals surface area (Å²) >= 11 is -0.00746. The fraction of sp³-hybridized carbons (Fsp3) is 0.182. The van der Waals surface area contributed by atoms with Crippen molar-refractivity contribution in [3.8, 4) is 0 Å². The van der Waals surface area contributed by atoms with Crippen molar-refractivity contribution in [2.24, 2.45) is 0 Å². The largest absolute Gasteiger partial charge is 0.744 e. The first-order valence-corrected chi connectivity index (χ1v) is 12.8. The molecule has 3 aromatic carbocycles. The Morgan fingerprint density at radius 3 is 1.67 bits per heavy atom. The molecule has 0 saturated heterocycles. The summed E-state index contributed by atoms with van der Waals surface area (Å²) in [6.45, 7) is 4.40. The maximum absolute atomic E-state index is 10.4. The van der Waals surface area contributed by atoms with Gasteiger partial charge in [0.2, 0.25) is 0 Å². The summed E-state index contributed by atoms with van der Waals surface area (Å²) < 4.78 is 34.3. The van der Waals surface area contributed by atoms with Crippen LogP contribution in [0, 0.1) is 17.3 Å². The van der Waals surface area contributed by atoms with E-state index >= 15 is 0 Å². The van der Waals surface area contributed by atoms with Gasteiger partial charge in [0.15, 0.2) is 7.14 Å². The second-order valence-electron chi connectivity index (χ2n) is 6.26.